The first-order chi connectivity index (χ1) is 37.5. The molecule has 0 saturated carbocycles. The zero-order chi connectivity index (χ0) is 57.3. The third-order valence-corrected chi connectivity index (χ3v) is 17.5. The second-order valence-corrected chi connectivity index (χ2v) is 24.4. The Kier molecular flexibility index (Phi) is 21.3. The molecule has 10 rings (SSSR count). The fourth-order valence-electron chi connectivity index (χ4n) is 7.65. The molecule has 4 heterocycles. The van der Waals surface area contributed by atoms with Crippen LogP contribution < -0.4 is 23.7 Å². The number of nitrogens with one attached hydrogen (secondary N) is 2. The van der Waals surface area contributed by atoms with E-state index in [2.05, 4.69) is 54.0 Å². The van der Waals surface area contributed by atoms with Gasteiger partial charge in [0.05, 0.1) is 43.3 Å². The second kappa shape index (κ2) is 26.9. The maximum atomic E-state index is 12.7. The lowest BCUT2D eigenvalue weighted by Gasteiger charge is -2.32. The molecular weight excluding hydrogens is 1170 g/mol. The van der Waals surface area contributed by atoms with Gasteiger partial charge in [0.2, 0.25) is 0 Å². The van der Waals surface area contributed by atoms with Crippen LogP contribution in [0.15, 0.2) is 179 Å². The van der Waals surface area contributed by atoms with Gasteiger partial charge in [-0.15, -0.1) is 6.58 Å². The summed E-state index contributed by atoms with van der Waals surface area (Å²) >= 11 is 3.29. The maximum Gasteiger partial charge on any atom is 0.486 e. The lowest BCUT2D eigenvalue weighted by Crippen LogP contribution is -2.41. The number of fused-ring (bicyclic) bond motifs is 3. The number of sulfone groups is 1. The summed E-state index contributed by atoms with van der Waals surface area (Å²) in [6.45, 7) is 17.4. The first kappa shape index (κ1) is 64.3. The number of anilines is 2. The number of aryl methyl sites for hydroxylation is 1. The number of sulfonamides is 2. The van der Waals surface area contributed by atoms with Crippen LogP contribution >= 0.6 is 15.9 Å². The van der Waals surface area contributed by atoms with Crippen LogP contribution in [0.5, 0.6) is 17.2 Å². The van der Waals surface area contributed by atoms with E-state index in [4.69, 9.17) is 37.1 Å². The number of hydrogen-bond donors (Lipinski definition) is 2. The molecular formula is C57H65BBrN5O14S3. The number of nitrogens with zero attached hydrogens (tertiary/aromatic N) is 3. The van der Waals surface area contributed by atoms with Crippen molar-refractivity contribution >= 4 is 104 Å². The normalized spacial score (nSPS) is 13.4. The van der Waals surface area contributed by atoms with Crippen molar-refractivity contribution in [1.29, 1.82) is 0 Å². The molecule has 0 radical (unpaired) electrons. The molecule has 1 fully saturated rings. The second-order valence-electron chi connectivity index (χ2n) is 18.3. The van der Waals surface area contributed by atoms with Crippen LogP contribution in [-0.2, 0) is 51.4 Å². The monoisotopic (exact) mass is 1230 g/mol. The Hall–Kier alpha value is -7.48. The molecule has 6 aromatic carbocycles. The van der Waals surface area contributed by atoms with Crippen LogP contribution in [0.2, 0.25) is 0 Å². The predicted molar refractivity (Wildman–Crippen MR) is 320 cm³/mol. The van der Waals surface area contributed by atoms with Gasteiger partial charge in [-0.2, -0.15) is 0 Å². The van der Waals surface area contributed by atoms with Crippen LogP contribution in [-0.4, -0.2) is 80.4 Å². The average molecular weight is 1230 g/mol. The van der Waals surface area contributed by atoms with Crippen molar-refractivity contribution in [3.05, 3.63) is 168 Å². The van der Waals surface area contributed by atoms with Crippen molar-refractivity contribution in [1.82, 2.24) is 15.5 Å². The van der Waals surface area contributed by atoms with Gasteiger partial charge in [0, 0.05) is 9.86 Å². The molecule has 9 aromatic rings. The molecule has 3 aromatic heterocycles. The van der Waals surface area contributed by atoms with E-state index in [1.807, 2.05) is 46.8 Å². The minimum Gasteiger partial charge on any atom is -0.495 e. The molecule has 0 bridgehead atoms. The summed E-state index contributed by atoms with van der Waals surface area (Å²) in [7, 11) is -7.28. The highest BCUT2D eigenvalue weighted by molar-refractivity contribution is 9.10. The topological polar surface area (TPSA) is 251 Å². The van der Waals surface area contributed by atoms with Gasteiger partial charge in [-0.1, -0.05) is 120 Å². The van der Waals surface area contributed by atoms with Crippen LogP contribution in [0.4, 0.5) is 11.6 Å². The van der Waals surface area contributed by atoms with Gasteiger partial charge < -0.3 is 37.1 Å². The number of ether oxygens (including phenoxy) is 3. The fraction of sp³-hybridized carbons (Fsp3) is 0.246. The Morgan fingerprint density at radius 2 is 1.01 bits per heavy atom. The number of hydrogen-bond acceptors (Lipinski definition) is 17. The lowest BCUT2D eigenvalue weighted by molar-refractivity contribution is 0.00578. The highest BCUT2D eigenvalue weighted by atomic mass is 79.9. The van der Waals surface area contributed by atoms with Crippen molar-refractivity contribution in [2.75, 3.05) is 30.8 Å². The Labute approximate surface area is 481 Å². The van der Waals surface area contributed by atoms with Crippen molar-refractivity contribution in [2.24, 2.45) is 0 Å². The molecule has 19 nitrogen and oxygen atoms in total. The van der Waals surface area contributed by atoms with Crippen LogP contribution in [0, 0.1) is 0 Å². The summed E-state index contributed by atoms with van der Waals surface area (Å²) in [6.07, 6.45) is 2.40. The SMILES string of the molecule is C.C.C=CB1OC(C)(C)C(C)(C)O1.C=Cc1ccc(S(=O)(=O)Nc2noc3ccccc23)c(OC)c1.CCc1ccc(S(=O)(=O)Nc2noc3ccccc23)c(OC)c1.COc1cc(Br)ccc1S(=O)(=O)Cc1noc2ccccc12. The molecule has 1 saturated heterocycles. The summed E-state index contributed by atoms with van der Waals surface area (Å²) < 4.78 is 124. The summed E-state index contributed by atoms with van der Waals surface area (Å²) in [5.41, 5.74) is 3.26. The zero-order valence-electron chi connectivity index (χ0n) is 44.3. The van der Waals surface area contributed by atoms with E-state index in [-0.39, 0.29) is 71.0 Å². The van der Waals surface area contributed by atoms with E-state index in [1.54, 1.807) is 109 Å². The number of methoxy groups -OCH3 is 3. The molecule has 1 aliphatic heterocycles. The van der Waals surface area contributed by atoms with Crippen molar-refractivity contribution in [3.8, 4) is 17.2 Å². The van der Waals surface area contributed by atoms with Crippen LogP contribution in [0.25, 0.3) is 39.0 Å². The van der Waals surface area contributed by atoms with Crippen LogP contribution in [0.1, 0.15) is 66.3 Å². The molecule has 2 N–H and O–H groups in total. The van der Waals surface area contributed by atoms with Crippen molar-refractivity contribution in [3.63, 3.8) is 0 Å². The Bertz CT molecular complexity index is 3980. The molecule has 0 spiro atoms. The summed E-state index contributed by atoms with van der Waals surface area (Å²) in [5.74, 6) is 2.53. The number of halogens is 1. The molecule has 24 heteroatoms. The highest BCUT2D eigenvalue weighted by Crippen LogP contribution is 2.37. The predicted octanol–water partition coefficient (Wildman–Crippen LogP) is 13.1. The van der Waals surface area contributed by atoms with Gasteiger partial charge in [-0.05, 0) is 124 Å². The summed E-state index contributed by atoms with van der Waals surface area (Å²) in [4.78, 5) is 0.201. The number of rotatable bonds is 15. The minimum atomic E-state index is -3.87. The molecule has 0 unspecified atom stereocenters. The van der Waals surface area contributed by atoms with E-state index in [0.29, 0.717) is 50.1 Å². The van der Waals surface area contributed by atoms with Gasteiger partial charge >= 0.3 is 7.12 Å². The quantitative estimate of drug-likeness (QED) is 0.0905. The van der Waals surface area contributed by atoms with Gasteiger partial charge in [-0.25, -0.2) is 25.3 Å². The fourth-order valence-corrected chi connectivity index (χ4v) is 11.8. The van der Waals surface area contributed by atoms with E-state index >= 15 is 0 Å². The first-order valence-corrected chi connectivity index (χ1v) is 29.5. The first-order valence-electron chi connectivity index (χ1n) is 24.1. The Balaban J connectivity index is 0.000000202. The van der Waals surface area contributed by atoms with E-state index in [1.165, 1.54) is 39.5 Å². The average Bonchev–Trinajstić information content (AvgIpc) is 4.22. The maximum absolute atomic E-state index is 12.7. The minimum absolute atomic E-state index is 0. The van der Waals surface area contributed by atoms with Crippen molar-refractivity contribution < 1.29 is 62.3 Å². The van der Waals surface area contributed by atoms with E-state index in [9.17, 15) is 25.3 Å². The smallest absolute Gasteiger partial charge is 0.486 e. The van der Waals surface area contributed by atoms with E-state index < -0.39 is 29.9 Å². The van der Waals surface area contributed by atoms with Gasteiger partial charge in [0.1, 0.15) is 43.4 Å². The zero-order valence-corrected chi connectivity index (χ0v) is 48.4. The van der Waals surface area contributed by atoms with Gasteiger partial charge in [0.25, 0.3) is 20.0 Å². The number of benzene rings is 6. The summed E-state index contributed by atoms with van der Waals surface area (Å²) in [6, 6.07) is 35.7. The summed E-state index contributed by atoms with van der Waals surface area (Å²) in [5, 5.41) is 13.3. The third kappa shape index (κ3) is 14.9. The molecule has 81 heavy (non-hydrogen) atoms. The lowest BCUT2D eigenvalue weighted by atomic mass is 9.90. The largest absolute Gasteiger partial charge is 0.495 e. The number of para-hydroxylation sites is 3. The van der Waals surface area contributed by atoms with Gasteiger partial charge in [-0.3, -0.25) is 9.44 Å². The Morgan fingerprint density at radius 1 is 0.580 bits per heavy atom. The standard InChI is InChI=1S/C16H16N2O4S.C16H14N2O4S.C15H12BrNO4S.C8H15BO2.2CH4/c2*1-3-11-8-9-15(14(10-11)21-2)23(19,20)18-16-12-6-4-5-7-13(12)22-17-16;1-20-14-8-10(16)6-7-15(14)22(18,19)9-12-11-4-2-3-5-13(11)21-17-12;1-6-9-10-7(2,3)8(4,5)11-9;;/h4-10H,3H2,1-2H3,(H,17,18);3-10H,1H2,2H3,(H,17,18);2-8H,9H2,1H3;6H,1H2,2-5H3;2*1H4. The molecule has 0 aliphatic carbocycles. The van der Waals surface area contributed by atoms with E-state index in [0.717, 1.165) is 22.0 Å². The van der Waals surface area contributed by atoms with Crippen LogP contribution in [0.3, 0.4) is 0 Å². The highest BCUT2D eigenvalue weighted by Gasteiger charge is 2.49. The third-order valence-electron chi connectivity index (χ3n) is 12.6. The van der Waals surface area contributed by atoms with Crippen molar-refractivity contribution in [2.45, 2.75) is 87.5 Å². The Morgan fingerprint density at radius 3 is 1.48 bits per heavy atom. The van der Waals surface area contributed by atoms with Gasteiger partial charge in [0.15, 0.2) is 38.2 Å². The number of aromatic nitrogens is 3. The molecule has 1 aliphatic rings. The molecule has 430 valence electrons. The molecule has 0 amide bonds. The molecule has 0 atom stereocenters.